The first-order chi connectivity index (χ1) is 11.0. The summed E-state index contributed by atoms with van der Waals surface area (Å²) in [6.45, 7) is 1.37. The maximum atomic E-state index is 14.2. The van der Waals surface area contributed by atoms with Crippen LogP contribution in [-0.2, 0) is 0 Å². The molecule has 1 aromatic heterocycles. The second-order valence-corrected chi connectivity index (χ2v) is 4.99. The number of rotatable bonds is 3. The van der Waals surface area contributed by atoms with Crippen molar-refractivity contribution < 1.29 is 13.5 Å². The van der Waals surface area contributed by atoms with Gasteiger partial charge in [-0.05, 0) is 25.1 Å². The summed E-state index contributed by atoms with van der Waals surface area (Å²) in [5.74, 6) is -0.409. The fourth-order valence-corrected chi connectivity index (χ4v) is 2.26. The highest BCUT2D eigenvalue weighted by molar-refractivity contribution is 5.94. The third-order valence-electron chi connectivity index (χ3n) is 3.56. The first-order valence-electron chi connectivity index (χ1n) is 6.81. The van der Waals surface area contributed by atoms with Crippen molar-refractivity contribution in [2.75, 3.05) is 18.2 Å². The van der Waals surface area contributed by atoms with Gasteiger partial charge in [0, 0.05) is 17.0 Å². The van der Waals surface area contributed by atoms with Gasteiger partial charge >= 0.3 is 0 Å². The zero-order chi connectivity index (χ0) is 16.6. The molecule has 0 saturated carbocycles. The summed E-state index contributed by atoms with van der Waals surface area (Å²) in [5.41, 5.74) is 6.97. The average Bonchev–Trinajstić information content (AvgIpc) is 2.55. The minimum absolute atomic E-state index is 0. The lowest BCUT2D eigenvalue weighted by Crippen LogP contribution is -2.01. The van der Waals surface area contributed by atoms with Gasteiger partial charge in [-0.15, -0.1) is 0 Å². The predicted octanol–water partition coefficient (Wildman–Crippen LogP) is 4.19. The van der Waals surface area contributed by atoms with Crippen LogP contribution in [0, 0.1) is 18.6 Å². The molecule has 3 aromatic rings. The fourth-order valence-electron chi connectivity index (χ4n) is 2.26. The van der Waals surface area contributed by atoms with E-state index in [9.17, 15) is 8.78 Å². The highest BCUT2D eigenvalue weighted by atomic mass is 19.1. The molecule has 0 radical (unpaired) electrons. The van der Waals surface area contributed by atoms with Crippen molar-refractivity contribution in [2.45, 2.75) is 14.4 Å². The molecule has 1 heterocycles. The third-order valence-corrected chi connectivity index (χ3v) is 3.56. The molecule has 0 aliphatic heterocycles. The summed E-state index contributed by atoms with van der Waals surface area (Å²) in [4.78, 5) is 8.26. The van der Waals surface area contributed by atoms with E-state index >= 15 is 0 Å². The molecule has 5 nitrogen and oxygen atoms in total. The zero-order valence-corrected chi connectivity index (χ0v) is 12.5. The van der Waals surface area contributed by atoms with Crippen LogP contribution in [-0.4, -0.2) is 17.1 Å². The van der Waals surface area contributed by atoms with Crippen LogP contribution in [0.5, 0.6) is 5.75 Å². The van der Waals surface area contributed by atoms with Gasteiger partial charge in [-0.3, -0.25) is 0 Å². The van der Waals surface area contributed by atoms with Crippen LogP contribution in [0.3, 0.4) is 0 Å². The number of nitrogens with one attached hydrogen (secondary N) is 1. The molecule has 3 N–H and O–H groups in total. The van der Waals surface area contributed by atoms with Crippen LogP contribution in [0.15, 0.2) is 30.6 Å². The topological polar surface area (TPSA) is 73.1 Å². The Bertz CT molecular complexity index is 899. The van der Waals surface area contributed by atoms with Gasteiger partial charge in [-0.25, -0.2) is 18.7 Å². The molecule has 3 rings (SSSR count). The SMILES string of the molecule is C.COc1cc2ncnc(Nc3ccc(F)c(C)c3F)c2cc1N. The van der Waals surface area contributed by atoms with Crippen LogP contribution < -0.4 is 15.8 Å². The van der Waals surface area contributed by atoms with E-state index in [1.54, 1.807) is 12.1 Å². The zero-order valence-electron chi connectivity index (χ0n) is 12.5. The van der Waals surface area contributed by atoms with E-state index in [0.717, 1.165) is 0 Å². The Balaban J connectivity index is 0.00000208. The van der Waals surface area contributed by atoms with Gasteiger partial charge in [0.05, 0.1) is 24.0 Å². The molecule has 0 fully saturated rings. The lowest BCUT2D eigenvalue weighted by molar-refractivity contribution is 0.417. The Morgan fingerprint density at radius 3 is 2.62 bits per heavy atom. The molecule has 0 atom stereocenters. The Morgan fingerprint density at radius 1 is 1.17 bits per heavy atom. The van der Waals surface area contributed by atoms with Gasteiger partial charge in [-0.1, -0.05) is 7.43 Å². The molecule has 126 valence electrons. The van der Waals surface area contributed by atoms with E-state index < -0.39 is 11.6 Å². The van der Waals surface area contributed by atoms with Crippen molar-refractivity contribution in [1.82, 2.24) is 9.97 Å². The monoisotopic (exact) mass is 332 g/mol. The number of nitrogens with two attached hydrogens (primary N) is 1. The number of benzene rings is 2. The molecule has 0 unspecified atom stereocenters. The van der Waals surface area contributed by atoms with E-state index in [2.05, 4.69) is 15.3 Å². The summed E-state index contributed by atoms with van der Waals surface area (Å²) >= 11 is 0. The average molecular weight is 332 g/mol. The van der Waals surface area contributed by atoms with Gasteiger partial charge < -0.3 is 15.8 Å². The number of hydrogen-bond donors (Lipinski definition) is 2. The Morgan fingerprint density at radius 2 is 1.92 bits per heavy atom. The number of halogens is 2. The van der Waals surface area contributed by atoms with Crippen molar-refractivity contribution in [1.29, 1.82) is 0 Å². The van der Waals surface area contributed by atoms with E-state index in [1.807, 2.05) is 0 Å². The number of methoxy groups -OCH3 is 1. The van der Waals surface area contributed by atoms with Crippen LogP contribution in [0.25, 0.3) is 10.9 Å². The van der Waals surface area contributed by atoms with Gasteiger partial charge in [0.1, 0.15) is 23.7 Å². The summed E-state index contributed by atoms with van der Waals surface area (Å²) in [7, 11) is 1.51. The lowest BCUT2D eigenvalue weighted by atomic mass is 10.1. The number of aromatic nitrogens is 2. The maximum absolute atomic E-state index is 14.2. The van der Waals surface area contributed by atoms with Crippen molar-refractivity contribution in [3.8, 4) is 5.75 Å². The maximum Gasteiger partial charge on any atom is 0.152 e. The smallest absolute Gasteiger partial charge is 0.152 e. The van der Waals surface area contributed by atoms with Crippen LogP contribution in [0.2, 0.25) is 0 Å². The van der Waals surface area contributed by atoms with E-state index in [1.165, 1.54) is 32.5 Å². The third kappa shape index (κ3) is 2.92. The summed E-state index contributed by atoms with van der Waals surface area (Å²) in [6, 6.07) is 5.83. The minimum atomic E-state index is -0.668. The molecular weight excluding hydrogens is 314 g/mol. The number of nitrogens with zero attached hydrogens (tertiary/aromatic N) is 2. The van der Waals surface area contributed by atoms with Crippen molar-refractivity contribution in [2.24, 2.45) is 0 Å². The van der Waals surface area contributed by atoms with Gasteiger partial charge in [-0.2, -0.15) is 0 Å². The number of hydrogen-bond acceptors (Lipinski definition) is 5. The summed E-state index contributed by atoms with van der Waals surface area (Å²) in [6.07, 6.45) is 1.34. The number of ether oxygens (including phenoxy) is 1. The summed E-state index contributed by atoms with van der Waals surface area (Å²) in [5, 5.41) is 3.46. The standard InChI is InChI=1S/C16H14F2N4O.CH4/c1-8-10(17)3-4-12(15(8)18)22-16-9-5-11(19)14(23-2)6-13(9)20-7-21-16;/h3-7H,19H2,1-2H3,(H,20,21,22);1H4. The quantitative estimate of drug-likeness (QED) is 0.704. The van der Waals surface area contributed by atoms with E-state index in [0.29, 0.717) is 28.2 Å². The molecule has 24 heavy (non-hydrogen) atoms. The van der Waals surface area contributed by atoms with Crippen molar-refractivity contribution in [3.05, 3.63) is 47.8 Å². The highest BCUT2D eigenvalue weighted by Crippen LogP contribution is 2.32. The molecule has 7 heteroatoms. The van der Waals surface area contributed by atoms with Crippen LogP contribution in [0.4, 0.5) is 26.0 Å². The molecule has 0 bridgehead atoms. The predicted molar refractivity (Wildman–Crippen MR) is 91.6 cm³/mol. The molecule has 0 aliphatic carbocycles. The molecule has 0 spiro atoms. The van der Waals surface area contributed by atoms with Gasteiger partial charge in [0.25, 0.3) is 0 Å². The number of anilines is 3. The molecule has 0 aliphatic rings. The lowest BCUT2D eigenvalue weighted by Gasteiger charge is -2.12. The van der Waals surface area contributed by atoms with Crippen molar-refractivity contribution in [3.63, 3.8) is 0 Å². The van der Waals surface area contributed by atoms with Crippen molar-refractivity contribution >= 4 is 28.1 Å². The second kappa shape index (κ2) is 6.66. The summed E-state index contributed by atoms with van der Waals surface area (Å²) < 4.78 is 32.7. The van der Waals surface area contributed by atoms with E-state index in [-0.39, 0.29) is 18.7 Å². The molecule has 0 saturated heterocycles. The highest BCUT2D eigenvalue weighted by Gasteiger charge is 2.13. The first-order valence-corrected chi connectivity index (χ1v) is 6.81. The van der Waals surface area contributed by atoms with Crippen LogP contribution >= 0.6 is 0 Å². The first kappa shape index (κ1) is 17.4. The van der Waals surface area contributed by atoms with E-state index in [4.69, 9.17) is 10.5 Å². The second-order valence-electron chi connectivity index (χ2n) is 4.99. The Labute approximate surface area is 138 Å². The Kier molecular flexibility index (Phi) is 4.82. The Hall–Kier alpha value is -2.96. The molecular formula is C17H18F2N4O. The van der Waals surface area contributed by atoms with Gasteiger partial charge in [0.2, 0.25) is 0 Å². The molecule has 0 amide bonds. The number of nitrogen functional groups attached to an aromatic ring is 1. The fraction of sp³-hybridized carbons (Fsp3) is 0.176. The largest absolute Gasteiger partial charge is 0.495 e. The van der Waals surface area contributed by atoms with Crippen LogP contribution in [0.1, 0.15) is 13.0 Å². The minimum Gasteiger partial charge on any atom is -0.495 e. The molecule has 2 aromatic carbocycles. The normalized spacial score (nSPS) is 10.3. The van der Waals surface area contributed by atoms with Gasteiger partial charge in [0.15, 0.2) is 5.82 Å². The number of fused-ring (bicyclic) bond motifs is 1.